The summed E-state index contributed by atoms with van der Waals surface area (Å²) in [5.74, 6) is -0.494. The van der Waals surface area contributed by atoms with Crippen LogP contribution in [-0.4, -0.2) is 5.91 Å². The number of para-hydroxylation sites is 1. The molecule has 0 saturated carbocycles. The first-order valence-corrected chi connectivity index (χ1v) is 10.4. The van der Waals surface area contributed by atoms with E-state index < -0.39 is 5.91 Å². The Morgan fingerprint density at radius 2 is 1.77 bits per heavy atom. The van der Waals surface area contributed by atoms with Crippen LogP contribution in [0.15, 0.2) is 88.3 Å². The summed E-state index contributed by atoms with van der Waals surface area (Å²) in [6.07, 6.45) is 1.38. The van der Waals surface area contributed by atoms with Crippen molar-refractivity contribution < 1.29 is 4.79 Å². The molecular formula is C24H20ClN3OS. The van der Waals surface area contributed by atoms with E-state index in [1.807, 2.05) is 86.6 Å². The lowest BCUT2D eigenvalue weighted by atomic mass is 10.1. The molecule has 0 atom stereocenters. The molecule has 0 saturated heterocycles. The first-order valence-electron chi connectivity index (χ1n) is 9.25. The normalized spacial score (nSPS) is 10.9. The van der Waals surface area contributed by atoms with Crippen LogP contribution in [0.5, 0.6) is 0 Å². The molecule has 0 unspecified atom stereocenters. The second kappa shape index (κ2) is 10.0. The summed E-state index contributed by atoms with van der Waals surface area (Å²) in [6.45, 7) is 3.87. The second-order valence-electron chi connectivity index (χ2n) is 6.62. The van der Waals surface area contributed by atoms with E-state index in [0.717, 1.165) is 20.9 Å². The Bertz CT molecular complexity index is 1110. The number of nitrogens with zero attached hydrogens (tertiary/aromatic N) is 1. The van der Waals surface area contributed by atoms with Gasteiger partial charge in [-0.2, -0.15) is 5.26 Å². The molecule has 0 fully saturated rings. The molecule has 150 valence electrons. The van der Waals surface area contributed by atoms with Crippen LogP contribution in [0.1, 0.15) is 11.1 Å². The Kier molecular flexibility index (Phi) is 7.18. The summed E-state index contributed by atoms with van der Waals surface area (Å²) in [4.78, 5) is 14.7. The average Bonchev–Trinajstić information content (AvgIpc) is 2.72. The van der Waals surface area contributed by atoms with Gasteiger partial charge in [0.05, 0.1) is 16.4 Å². The van der Waals surface area contributed by atoms with E-state index in [2.05, 4.69) is 10.6 Å². The summed E-state index contributed by atoms with van der Waals surface area (Å²) in [5.41, 5.74) is 3.23. The summed E-state index contributed by atoms with van der Waals surface area (Å²) < 4.78 is 0. The van der Waals surface area contributed by atoms with Crippen LogP contribution in [-0.2, 0) is 4.79 Å². The van der Waals surface area contributed by atoms with Gasteiger partial charge in [0.2, 0.25) is 0 Å². The Hall–Kier alpha value is -3.20. The maximum absolute atomic E-state index is 12.7. The fraction of sp³-hybridized carbons (Fsp3) is 0.0833. The summed E-state index contributed by atoms with van der Waals surface area (Å²) in [5, 5.41) is 15.8. The minimum Gasteiger partial charge on any atom is -0.359 e. The molecule has 6 heteroatoms. The van der Waals surface area contributed by atoms with E-state index >= 15 is 0 Å². The van der Waals surface area contributed by atoms with Gasteiger partial charge in [-0.3, -0.25) is 4.79 Å². The fourth-order valence-corrected chi connectivity index (χ4v) is 4.15. The molecule has 1 amide bonds. The van der Waals surface area contributed by atoms with E-state index in [1.165, 1.54) is 6.20 Å². The van der Waals surface area contributed by atoms with Gasteiger partial charge < -0.3 is 10.6 Å². The summed E-state index contributed by atoms with van der Waals surface area (Å²) in [7, 11) is 0. The number of anilines is 2. The van der Waals surface area contributed by atoms with Crippen molar-refractivity contribution in [3.8, 4) is 6.07 Å². The SMILES string of the molecule is Cc1cc(C)c(N/C=C(/C#N)C(=O)Nc2ccccc2Sc2ccccc2)c(Cl)c1. The quantitative estimate of drug-likeness (QED) is 0.341. The average molecular weight is 434 g/mol. The number of nitrogens with one attached hydrogen (secondary N) is 2. The number of benzene rings is 3. The zero-order valence-corrected chi connectivity index (χ0v) is 18.1. The molecule has 0 aliphatic rings. The van der Waals surface area contributed by atoms with Gasteiger partial charge in [-0.25, -0.2) is 0 Å². The molecule has 0 aliphatic carbocycles. The minimum absolute atomic E-state index is 0.0504. The molecule has 3 aromatic rings. The predicted octanol–water partition coefficient (Wildman–Crippen LogP) is 6.57. The number of hydrogen-bond acceptors (Lipinski definition) is 4. The smallest absolute Gasteiger partial charge is 0.267 e. The van der Waals surface area contributed by atoms with E-state index in [4.69, 9.17) is 11.6 Å². The molecular weight excluding hydrogens is 414 g/mol. The molecule has 0 heterocycles. The van der Waals surface area contributed by atoms with Crippen molar-refractivity contribution in [1.82, 2.24) is 0 Å². The molecule has 0 spiro atoms. The highest BCUT2D eigenvalue weighted by atomic mass is 35.5. The van der Waals surface area contributed by atoms with Gasteiger partial charge in [0.25, 0.3) is 5.91 Å². The number of aryl methyl sites for hydroxylation is 2. The Morgan fingerprint density at radius 1 is 1.07 bits per heavy atom. The minimum atomic E-state index is -0.494. The van der Waals surface area contributed by atoms with Gasteiger partial charge in [-0.05, 0) is 55.3 Å². The fourth-order valence-electron chi connectivity index (χ4n) is 2.86. The van der Waals surface area contributed by atoms with Crippen LogP contribution in [0, 0.1) is 25.2 Å². The molecule has 0 aliphatic heterocycles. The Balaban J connectivity index is 1.78. The zero-order valence-electron chi connectivity index (χ0n) is 16.6. The Morgan fingerprint density at radius 3 is 2.47 bits per heavy atom. The lowest BCUT2D eigenvalue weighted by molar-refractivity contribution is -0.112. The van der Waals surface area contributed by atoms with Crippen LogP contribution in [0.25, 0.3) is 0 Å². The van der Waals surface area contributed by atoms with Gasteiger partial charge in [0.15, 0.2) is 0 Å². The van der Waals surface area contributed by atoms with Gasteiger partial charge in [0.1, 0.15) is 11.6 Å². The topological polar surface area (TPSA) is 64.9 Å². The molecule has 0 bridgehead atoms. The summed E-state index contributed by atoms with van der Waals surface area (Å²) in [6, 6.07) is 23.1. The maximum atomic E-state index is 12.7. The molecule has 2 N–H and O–H groups in total. The van der Waals surface area contributed by atoms with Crippen LogP contribution >= 0.6 is 23.4 Å². The summed E-state index contributed by atoms with van der Waals surface area (Å²) >= 11 is 7.83. The number of halogens is 1. The van der Waals surface area contributed by atoms with Crippen molar-refractivity contribution in [2.75, 3.05) is 10.6 Å². The van der Waals surface area contributed by atoms with E-state index in [1.54, 1.807) is 11.8 Å². The highest BCUT2D eigenvalue weighted by Gasteiger charge is 2.13. The van der Waals surface area contributed by atoms with Crippen molar-refractivity contribution in [1.29, 1.82) is 5.26 Å². The van der Waals surface area contributed by atoms with Crippen LogP contribution in [0.3, 0.4) is 0 Å². The zero-order chi connectivity index (χ0) is 21.5. The Labute approximate surface area is 185 Å². The largest absolute Gasteiger partial charge is 0.359 e. The lowest BCUT2D eigenvalue weighted by Gasteiger charge is -2.12. The van der Waals surface area contributed by atoms with E-state index in [-0.39, 0.29) is 5.57 Å². The van der Waals surface area contributed by atoms with Gasteiger partial charge in [-0.15, -0.1) is 0 Å². The first kappa shape index (κ1) is 21.5. The third-order valence-electron chi connectivity index (χ3n) is 4.26. The first-order chi connectivity index (χ1) is 14.5. The molecule has 0 aromatic heterocycles. The number of carbonyl (C=O) groups excluding carboxylic acids is 1. The van der Waals surface area contributed by atoms with Gasteiger partial charge >= 0.3 is 0 Å². The second-order valence-corrected chi connectivity index (χ2v) is 8.14. The molecule has 3 aromatic carbocycles. The maximum Gasteiger partial charge on any atom is 0.267 e. The van der Waals surface area contributed by atoms with Crippen molar-refractivity contribution in [3.05, 3.63) is 94.7 Å². The van der Waals surface area contributed by atoms with Gasteiger partial charge in [0, 0.05) is 16.0 Å². The van der Waals surface area contributed by atoms with Crippen molar-refractivity contribution in [2.24, 2.45) is 0 Å². The van der Waals surface area contributed by atoms with Gasteiger partial charge in [-0.1, -0.05) is 59.8 Å². The van der Waals surface area contributed by atoms with Crippen LogP contribution in [0.4, 0.5) is 11.4 Å². The third-order valence-corrected chi connectivity index (χ3v) is 5.65. The van der Waals surface area contributed by atoms with Crippen molar-refractivity contribution in [2.45, 2.75) is 23.6 Å². The highest BCUT2D eigenvalue weighted by molar-refractivity contribution is 7.99. The monoisotopic (exact) mass is 433 g/mol. The highest BCUT2D eigenvalue weighted by Crippen LogP contribution is 2.33. The number of hydrogen-bond donors (Lipinski definition) is 2. The number of rotatable bonds is 6. The van der Waals surface area contributed by atoms with E-state index in [9.17, 15) is 10.1 Å². The molecule has 4 nitrogen and oxygen atoms in total. The molecule has 0 radical (unpaired) electrons. The van der Waals surface area contributed by atoms with Crippen molar-refractivity contribution >= 4 is 40.6 Å². The van der Waals surface area contributed by atoms with E-state index in [0.29, 0.717) is 16.4 Å². The number of amides is 1. The lowest BCUT2D eigenvalue weighted by Crippen LogP contribution is -2.15. The molecule has 3 rings (SSSR count). The third kappa shape index (κ3) is 5.44. The standard InChI is InChI=1S/C24H20ClN3OS/c1-16-12-17(2)23(20(25)13-16)27-15-18(14-26)24(29)28-21-10-6-7-11-22(21)30-19-8-4-3-5-9-19/h3-13,15,27H,1-2H3,(H,28,29)/b18-15-. The van der Waals surface area contributed by atoms with Crippen molar-refractivity contribution in [3.63, 3.8) is 0 Å². The van der Waals surface area contributed by atoms with Crippen LogP contribution in [0.2, 0.25) is 5.02 Å². The predicted molar refractivity (Wildman–Crippen MR) is 124 cm³/mol. The number of nitriles is 1. The van der Waals surface area contributed by atoms with Crippen LogP contribution < -0.4 is 10.6 Å². The molecule has 30 heavy (non-hydrogen) atoms. The number of carbonyl (C=O) groups is 1.